The predicted molar refractivity (Wildman–Crippen MR) is 106 cm³/mol. The second-order valence-corrected chi connectivity index (χ2v) is 7.02. The molecule has 1 heterocycles. The fraction of sp³-hybridized carbons (Fsp3) is 0.238. The number of amides is 2. The minimum atomic E-state index is -0.359. The van der Waals surface area contributed by atoms with Crippen LogP contribution < -0.4 is 16.2 Å². The number of fused-ring (bicyclic) bond motifs is 1. The maximum atomic E-state index is 12.5. The lowest BCUT2D eigenvalue weighted by Crippen LogP contribution is -2.28. The quantitative estimate of drug-likeness (QED) is 0.714. The first-order valence-electron chi connectivity index (χ1n) is 9.17. The number of benzene rings is 2. The fourth-order valence-electron chi connectivity index (χ4n) is 2.96. The highest BCUT2D eigenvalue weighted by molar-refractivity contribution is 5.98. The number of nitrogens with zero attached hydrogens (tertiary/aromatic N) is 2. The summed E-state index contributed by atoms with van der Waals surface area (Å²) >= 11 is 0. The van der Waals surface area contributed by atoms with E-state index in [1.54, 1.807) is 42.5 Å². The second kappa shape index (κ2) is 7.26. The van der Waals surface area contributed by atoms with Crippen molar-refractivity contribution >= 4 is 28.4 Å². The van der Waals surface area contributed by atoms with Crippen LogP contribution in [0.1, 0.15) is 28.8 Å². The Balaban J connectivity index is 1.51. The molecule has 0 atom stereocenters. The van der Waals surface area contributed by atoms with E-state index in [-0.39, 0.29) is 30.0 Å². The number of carbonyl (C=O) groups is 2. The Hall–Kier alpha value is -3.48. The third kappa shape index (κ3) is 3.78. The van der Waals surface area contributed by atoms with Crippen molar-refractivity contribution in [1.82, 2.24) is 14.9 Å². The molecule has 28 heavy (non-hydrogen) atoms. The summed E-state index contributed by atoms with van der Waals surface area (Å²) in [6.07, 6.45) is 3.39. The van der Waals surface area contributed by atoms with E-state index < -0.39 is 0 Å². The number of aromatic nitrogens is 2. The van der Waals surface area contributed by atoms with Gasteiger partial charge in [-0.25, -0.2) is 4.98 Å². The van der Waals surface area contributed by atoms with E-state index in [9.17, 15) is 14.4 Å². The number of aryl methyl sites for hydroxylation is 1. The maximum absolute atomic E-state index is 12.5. The zero-order valence-corrected chi connectivity index (χ0v) is 15.4. The molecule has 0 unspecified atom stereocenters. The lowest BCUT2D eigenvalue weighted by atomic mass is 10.1. The van der Waals surface area contributed by atoms with E-state index in [1.807, 2.05) is 6.92 Å². The number of hydrogen-bond acceptors (Lipinski definition) is 4. The van der Waals surface area contributed by atoms with Crippen LogP contribution in [-0.4, -0.2) is 27.4 Å². The molecular formula is C21H20N4O3. The molecule has 1 saturated carbocycles. The van der Waals surface area contributed by atoms with Crippen molar-refractivity contribution < 1.29 is 9.59 Å². The molecule has 0 aliphatic heterocycles. The van der Waals surface area contributed by atoms with Crippen molar-refractivity contribution in [3.63, 3.8) is 0 Å². The van der Waals surface area contributed by atoms with Crippen molar-refractivity contribution in [2.24, 2.45) is 0 Å². The molecule has 7 nitrogen and oxygen atoms in total. The number of para-hydroxylation sites is 1. The van der Waals surface area contributed by atoms with E-state index in [0.717, 1.165) is 18.4 Å². The molecule has 0 radical (unpaired) electrons. The van der Waals surface area contributed by atoms with Crippen LogP contribution in [0, 0.1) is 6.92 Å². The monoisotopic (exact) mass is 376 g/mol. The van der Waals surface area contributed by atoms with Crippen LogP contribution in [0.5, 0.6) is 0 Å². The van der Waals surface area contributed by atoms with Gasteiger partial charge in [0.2, 0.25) is 5.91 Å². The summed E-state index contributed by atoms with van der Waals surface area (Å²) in [4.78, 5) is 41.5. The Bertz CT molecular complexity index is 1130. The largest absolute Gasteiger partial charge is 0.349 e. The first-order chi connectivity index (χ1) is 13.5. The van der Waals surface area contributed by atoms with Crippen LogP contribution in [-0.2, 0) is 11.3 Å². The molecule has 142 valence electrons. The molecule has 1 aliphatic rings. The van der Waals surface area contributed by atoms with Gasteiger partial charge in [-0.1, -0.05) is 18.2 Å². The standard InChI is InChI=1S/C21H20N4O3/c1-13-6-7-14(20(27)23-15-8-9-15)10-18(13)24-19(26)11-25-12-22-17-5-3-2-4-16(17)21(25)28/h2-7,10,12,15H,8-9,11H2,1H3,(H,23,27)(H,24,26). The topological polar surface area (TPSA) is 93.1 Å². The van der Waals surface area contributed by atoms with E-state index in [2.05, 4.69) is 15.6 Å². The Morgan fingerprint density at radius 2 is 1.96 bits per heavy atom. The Morgan fingerprint density at radius 3 is 2.75 bits per heavy atom. The average Bonchev–Trinajstić information content (AvgIpc) is 3.50. The van der Waals surface area contributed by atoms with Gasteiger partial charge in [-0.15, -0.1) is 0 Å². The summed E-state index contributed by atoms with van der Waals surface area (Å²) in [7, 11) is 0. The van der Waals surface area contributed by atoms with Gasteiger partial charge >= 0.3 is 0 Å². The van der Waals surface area contributed by atoms with E-state index in [1.165, 1.54) is 10.9 Å². The molecule has 1 aliphatic carbocycles. The van der Waals surface area contributed by atoms with Gasteiger partial charge < -0.3 is 10.6 Å². The Morgan fingerprint density at radius 1 is 1.18 bits per heavy atom. The summed E-state index contributed by atoms with van der Waals surface area (Å²) in [5.41, 5.74) is 2.21. The Labute approximate surface area is 161 Å². The third-order valence-electron chi connectivity index (χ3n) is 4.73. The van der Waals surface area contributed by atoms with Crippen molar-refractivity contribution in [1.29, 1.82) is 0 Å². The van der Waals surface area contributed by atoms with E-state index >= 15 is 0 Å². The lowest BCUT2D eigenvalue weighted by Gasteiger charge is -2.12. The van der Waals surface area contributed by atoms with Gasteiger partial charge in [0, 0.05) is 17.3 Å². The summed E-state index contributed by atoms with van der Waals surface area (Å²) < 4.78 is 1.27. The zero-order valence-electron chi connectivity index (χ0n) is 15.4. The van der Waals surface area contributed by atoms with Gasteiger partial charge in [0.05, 0.1) is 17.2 Å². The third-order valence-corrected chi connectivity index (χ3v) is 4.73. The molecule has 2 aromatic carbocycles. The van der Waals surface area contributed by atoms with Gasteiger partial charge in [-0.3, -0.25) is 19.0 Å². The first-order valence-corrected chi connectivity index (χ1v) is 9.17. The van der Waals surface area contributed by atoms with Gasteiger partial charge in [-0.2, -0.15) is 0 Å². The molecule has 2 N–H and O–H groups in total. The molecule has 7 heteroatoms. The highest BCUT2D eigenvalue weighted by Gasteiger charge is 2.24. The SMILES string of the molecule is Cc1ccc(C(=O)NC2CC2)cc1NC(=O)Cn1cnc2ccccc2c1=O. The highest BCUT2D eigenvalue weighted by atomic mass is 16.2. The lowest BCUT2D eigenvalue weighted by molar-refractivity contribution is -0.116. The molecule has 3 aromatic rings. The number of nitrogens with one attached hydrogen (secondary N) is 2. The summed E-state index contributed by atoms with van der Waals surface area (Å²) in [6.45, 7) is 1.69. The second-order valence-electron chi connectivity index (χ2n) is 7.02. The fourth-order valence-corrected chi connectivity index (χ4v) is 2.96. The summed E-state index contributed by atoms with van der Waals surface area (Å²) in [5, 5.41) is 6.19. The number of rotatable bonds is 5. The van der Waals surface area contributed by atoms with Gasteiger partial charge in [0.15, 0.2) is 0 Å². The molecule has 1 fully saturated rings. The van der Waals surface area contributed by atoms with E-state index in [0.29, 0.717) is 22.2 Å². The first kappa shape index (κ1) is 17.9. The van der Waals surface area contributed by atoms with Crippen LogP contribution in [0.15, 0.2) is 53.6 Å². The Kier molecular flexibility index (Phi) is 4.65. The van der Waals surface area contributed by atoms with Crippen LogP contribution in [0.2, 0.25) is 0 Å². The van der Waals surface area contributed by atoms with Crippen LogP contribution in [0.3, 0.4) is 0 Å². The molecular weight excluding hydrogens is 356 g/mol. The zero-order chi connectivity index (χ0) is 19.7. The summed E-state index contributed by atoms with van der Waals surface area (Å²) in [6, 6.07) is 12.5. The predicted octanol–water partition coefficient (Wildman–Crippen LogP) is 2.24. The maximum Gasteiger partial charge on any atom is 0.261 e. The summed E-state index contributed by atoms with van der Waals surface area (Å²) in [5.74, 6) is -0.505. The van der Waals surface area contributed by atoms with Crippen molar-refractivity contribution in [3.8, 4) is 0 Å². The number of anilines is 1. The molecule has 0 saturated heterocycles. The minimum Gasteiger partial charge on any atom is -0.349 e. The number of hydrogen-bond donors (Lipinski definition) is 2. The molecule has 2 amide bonds. The van der Waals surface area contributed by atoms with Crippen molar-refractivity contribution in [2.45, 2.75) is 32.4 Å². The highest BCUT2D eigenvalue weighted by Crippen LogP contribution is 2.21. The van der Waals surface area contributed by atoms with Gasteiger partial charge in [0.1, 0.15) is 6.54 Å². The number of carbonyl (C=O) groups excluding carboxylic acids is 2. The van der Waals surface area contributed by atoms with Gasteiger partial charge in [-0.05, 0) is 49.6 Å². The van der Waals surface area contributed by atoms with Crippen LogP contribution in [0.4, 0.5) is 5.69 Å². The molecule has 0 spiro atoms. The minimum absolute atomic E-state index is 0.145. The molecule has 4 rings (SSSR count). The molecule has 1 aromatic heterocycles. The van der Waals surface area contributed by atoms with Gasteiger partial charge in [0.25, 0.3) is 11.5 Å². The smallest absolute Gasteiger partial charge is 0.261 e. The average molecular weight is 376 g/mol. The van der Waals surface area contributed by atoms with Crippen molar-refractivity contribution in [2.75, 3.05) is 5.32 Å². The van der Waals surface area contributed by atoms with Crippen LogP contribution in [0.25, 0.3) is 10.9 Å². The van der Waals surface area contributed by atoms with E-state index in [4.69, 9.17) is 0 Å². The normalized spacial score (nSPS) is 13.3. The molecule has 0 bridgehead atoms. The van der Waals surface area contributed by atoms with Crippen LogP contribution >= 0.6 is 0 Å². The van der Waals surface area contributed by atoms with Crippen molar-refractivity contribution in [3.05, 3.63) is 70.3 Å².